The van der Waals surface area contributed by atoms with E-state index in [1.165, 1.54) is 6.07 Å². The van der Waals surface area contributed by atoms with Crippen molar-refractivity contribution in [2.24, 2.45) is 0 Å². The molecule has 0 N–H and O–H groups in total. The molecule has 0 atom stereocenters. The van der Waals surface area contributed by atoms with E-state index in [0.717, 1.165) is 17.7 Å². The first kappa shape index (κ1) is 17.9. The van der Waals surface area contributed by atoms with Crippen LogP contribution in [0.2, 0.25) is 0 Å². The summed E-state index contributed by atoms with van der Waals surface area (Å²) in [6.07, 6.45) is 0.338. The van der Waals surface area contributed by atoms with Gasteiger partial charge < -0.3 is 4.74 Å². The maximum atomic E-state index is 13.4. The van der Waals surface area contributed by atoms with Crippen LogP contribution in [0.15, 0.2) is 36.7 Å². The maximum Gasteiger partial charge on any atom is 0.293 e. The minimum Gasteiger partial charge on any atom is -0.467 e. The molecule has 0 aliphatic carbocycles. The van der Waals surface area contributed by atoms with E-state index in [4.69, 9.17) is 0 Å². The third-order valence-corrected chi connectivity index (χ3v) is 3.47. The zero-order valence-electron chi connectivity index (χ0n) is 13.1. The number of benzene rings is 1. The monoisotopic (exact) mass is 338 g/mol. The number of likely N-dealkylation sites (N-methyl/N-ethyl adjacent to an activating group) is 1. The molecule has 0 radical (unpaired) electrons. The molecular formula is C17H17F3N2O2. The fraction of sp³-hybridized carbons (Fsp3) is 0.294. The van der Waals surface area contributed by atoms with Crippen LogP contribution in [0.25, 0.3) is 11.1 Å². The second-order valence-electron chi connectivity index (χ2n) is 5.32. The van der Waals surface area contributed by atoms with Gasteiger partial charge in [0, 0.05) is 31.0 Å². The lowest BCUT2D eigenvalue weighted by atomic mass is 10.0. The van der Waals surface area contributed by atoms with E-state index in [1.54, 1.807) is 12.4 Å². The van der Waals surface area contributed by atoms with Crippen LogP contribution in [0.4, 0.5) is 13.2 Å². The van der Waals surface area contributed by atoms with Crippen LogP contribution in [0.3, 0.4) is 0 Å². The molecule has 0 aliphatic rings. The van der Waals surface area contributed by atoms with Gasteiger partial charge in [0.05, 0.1) is 5.56 Å². The van der Waals surface area contributed by atoms with Gasteiger partial charge in [0.2, 0.25) is 0 Å². The van der Waals surface area contributed by atoms with E-state index in [9.17, 15) is 18.0 Å². The molecule has 24 heavy (non-hydrogen) atoms. The molecule has 0 fully saturated rings. The molecule has 128 valence electrons. The van der Waals surface area contributed by atoms with Crippen molar-refractivity contribution in [2.75, 3.05) is 20.2 Å². The minimum absolute atomic E-state index is 0.281. The van der Waals surface area contributed by atoms with Gasteiger partial charge in [-0.3, -0.25) is 14.7 Å². The number of aromatic nitrogens is 1. The molecule has 4 nitrogen and oxygen atoms in total. The van der Waals surface area contributed by atoms with Crippen molar-refractivity contribution >= 4 is 6.47 Å². The molecule has 7 heteroatoms. The lowest BCUT2D eigenvalue weighted by Crippen LogP contribution is -2.22. The largest absolute Gasteiger partial charge is 0.467 e. The number of hydrogen-bond donors (Lipinski definition) is 0. The Hall–Kier alpha value is -2.41. The molecule has 0 saturated carbocycles. The van der Waals surface area contributed by atoms with Crippen molar-refractivity contribution in [3.05, 3.63) is 53.6 Å². The number of hydrogen-bond acceptors (Lipinski definition) is 4. The van der Waals surface area contributed by atoms with E-state index in [-0.39, 0.29) is 6.61 Å². The number of nitrogens with zero attached hydrogens (tertiary/aromatic N) is 2. The number of rotatable bonds is 8. The predicted octanol–water partition coefficient (Wildman–Crippen LogP) is 3.43. The molecule has 2 rings (SSSR count). The highest BCUT2D eigenvalue weighted by atomic mass is 19.3. The van der Waals surface area contributed by atoms with E-state index < -0.39 is 17.8 Å². The Labute approximate surface area is 137 Å². The van der Waals surface area contributed by atoms with Crippen molar-refractivity contribution in [1.82, 2.24) is 9.88 Å². The van der Waals surface area contributed by atoms with Gasteiger partial charge in [-0.2, -0.15) is 0 Å². The molecule has 1 aromatic carbocycles. The van der Waals surface area contributed by atoms with Crippen LogP contribution in [0.5, 0.6) is 0 Å². The lowest BCUT2D eigenvalue weighted by molar-refractivity contribution is -0.129. The SMILES string of the molecule is CN(CCOC=O)Cc1cncc(-c2ccc(F)c(C(F)F)c2)c1. The highest BCUT2D eigenvalue weighted by Crippen LogP contribution is 2.28. The molecule has 0 amide bonds. The standard InChI is InChI=1S/C17H17F3N2O2/c1-22(4-5-24-11-23)10-12-6-14(9-21-8-12)13-2-3-16(18)15(7-13)17(19)20/h2-3,6-9,11,17H,4-5,10H2,1H3. The summed E-state index contributed by atoms with van der Waals surface area (Å²) in [6.45, 7) is 1.77. The second-order valence-corrected chi connectivity index (χ2v) is 5.32. The highest BCUT2D eigenvalue weighted by molar-refractivity contribution is 5.64. The van der Waals surface area contributed by atoms with Gasteiger partial charge in [-0.15, -0.1) is 0 Å². The van der Waals surface area contributed by atoms with E-state index in [2.05, 4.69) is 9.72 Å². The fourth-order valence-electron chi connectivity index (χ4n) is 2.27. The molecule has 0 spiro atoms. The van der Waals surface area contributed by atoms with E-state index >= 15 is 0 Å². The first-order chi connectivity index (χ1) is 11.5. The lowest BCUT2D eigenvalue weighted by Gasteiger charge is -2.16. The van der Waals surface area contributed by atoms with Gasteiger partial charge in [-0.05, 0) is 36.4 Å². The number of halogens is 3. The summed E-state index contributed by atoms with van der Waals surface area (Å²) >= 11 is 0. The van der Waals surface area contributed by atoms with Gasteiger partial charge in [-0.1, -0.05) is 6.07 Å². The summed E-state index contributed by atoms with van der Waals surface area (Å²) < 4.78 is 43.7. The molecular weight excluding hydrogens is 321 g/mol. The number of ether oxygens (including phenoxy) is 1. The minimum atomic E-state index is -2.87. The van der Waals surface area contributed by atoms with Gasteiger partial charge in [-0.25, -0.2) is 13.2 Å². The summed E-state index contributed by atoms with van der Waals surface area (Å²) in [7, 11) is 1.85. The maximum absolute atomic E-state index is 13.4. The van der Waals surface area contributed by atoms with Crippen molar-refractivity contribution in [1.29, 1.82) is 0 Å². The predicted molar refractivity (Wildman–Crippen MR) is 82.9 cm³/mol. The number of carbonyl (C=O) groups is 1. The fourth-order valence-corrected chi connectivity index (χ4v) is 2.27. The molecule has 1 aromatic heterocycles. The Morgan fingerprint density at radius 3 is 2.75 bits per heavy atom. The van der Waals surface area contributed by atoms with Crippen LogP contribution < -0.4 is 0 Å². The Morgan fingerprint density at radius 1 is 1.25 bits per heavy atom. The van der Waals surface area contributed by atoms with E-state index in [0.29, 0.717) is 30.7 Å². The van der Waals surface area contributed by atoms with Crippen LogP contribution >= 0.6 is 0 Å². The number of pyridine rings is 1. The quantitative estimate of drug-likeness (QED) is 0.546. The van der Waals surface area contributed by atoms with Crippen molar-refractivity contribution < 1.29 is 22.7 Å². The van der Waals surface area contributed by atoms with Crippen LogP contribution in [-0.4, -0.2) is 36.6 Å². The van der Waals surface area contributed by atoms with Gasteiger partial charge in [0.1, 0.15) is 12.4 Å². The van der Waals surface area contributed by atoms with Crippen LogP contribution in [0, 0.1) is 5.82 Å². The first-order valence-corrected chi connectivity index (χ1v) is 7.27. The summed E-state index contributed by atoms with van der Waals surface area (Å²) in [5.41, 5.74) is 1.35. The van der Waals surface area contributed by atoms with Gasteiger partial charge in [0.25, 0.3) is 12.9 Å². The first-order valence-electron chi connectivity index (χ1n) is 7.27. The third-order valence-electron chi connectivity index (χ3n) is 3.47. The smallest absolute Gasteiger partial charge is 0.293 e. The van der Waals surface area contributed by atoms with E-state index in [1.807, 2.05) is 18.0 Å². The third kappa shape index (κ3) is 4.79. The topological polar surface area (TPSA) is 42.4 Å². The summed E-state index contributed by atoms with van der Waals surface area (Å²) in [4.78, 5) is 16.2. The molecule has 0 bridgehead atoms. The van der Waals surface area contributed by atoms with Gasteiger partial charge in [0.15, 0.2) is 0 Å². The second kappa shape index (κ2) is 8.44. The zero-order valence-corrected chi connectivity index (χ0v) is 13.1. The highest BCUT2D eigenvalue weighted by Gasteiger charge is 2.14. The average Bonchev–Trinajstić information content (AvgIpc) is 2.55. The normalized spacial score (nSPS) is 11.1. The van der Waals surface area contributed by atoms with Crippen molar-refractivity contribution in [2.45, 2.75) is 13.0 Å². The summed E-state index contributed by atoms with van der Waals surface area (Å²) in [5.74, 6) is -0.923. The molecule has 0 unspecified atom stereocenters. The molecule has 1 heterocycles. The molecule has 2 aromatic rings. The number of carbonyl (C=O) groups excluding carboxylic acids is 1. The summed E-state index contributed by atoms with van der Waals surface area (Å²) in [5, 5.41) is 0. The zero-order chi connectivity index (χ0) is 17.5. The van der Waals surface area contributed by atoms with Crippen LogP contribution in [-0.2, 0) is 16.1 Å². The Kier molecular flexibility index (Phi) is 6.31. The van der Waals surface area contributed by atoms with Crippen molar-refractivity contribution in [3.63, 3.8) is 0 Å². The van der Waals surface area contributed by atoms with Crippen molar-refractivity contribution in [3.8, 4) is 11.1 Å². The molecule has 0 saturated heterocycles. The average molecular weight is 338 g/mol. The Balaban J connectivity index is 2.15. The summed E-state index contributed by atoms with van der Waals surface area (Å²) in [6, 6.07) is 5.44. The Morgan fingerprint density at radius 2 is 2.04 bits per heavy atom. The Bertz CT molecular complexity index is 695. The van der Waals surface area contributed by atoms with Crippen LogP contribution in [0.1, 0.15) is 17.6 Å². The number of alkyl halides is 2. The van der Waals surface area contributed by atoms with Gasteiger partial charge >= 0.3 is 0 Å². The molecule has 0 aliphatic heterocycles.